The largest absolute Gasteiger partial charge is 0.497 e. The second-order valence-electron chi connectivity index (χ2n) is 6.34. The van der Waals surface area contributed by atoms with Crippen molar-refractivity contribution in [3.05, 3.63) is 29.8 Å². The van der Waals surface area contributed by atoms with Gasteiger partial charge < -0.3 is 24.8 Å². The summed E-state index contributed by atoms with van der Waals surface area (Å²) in [7, 11) is 1.63. The Kier molecular flexibility index (Phi) is 10.6. The summed E-state index contributed by atoms with van der Waals surface area (Å²) in [5.74, 6) is 0.833. The standard InChI is InChI=1S/C19H30N2O4.ClH/c1-15(25-14-16-5-3-6-18(13-16)23-2)19(22)21-10-7-17(8-11-21)24-12-4-9-20;/h3,5-6,13,15,17H,4,7-12,14,20H2,1-2H3;1H. The summed E-state index contributed by atoms with van der Waals surface area (Å²) in [5, 5.41) is 0. The molecule has 1 fully saturated rings. The fourth-order valence-corrected chi connectivity index (χ4v) is 2.89. The highest BCUT2D eigenvalue weighted by Gasteiger charge is 2.26. The number of halogens is 1. The minimum Gasteiger partial charge on any atom is -0.497 e. The van der Waals surface area contributed by atoms with Crippen LogP contribution in [0.25, 0.3) is 0 Å². The molecule has 1 aromatic carbocycles. The normalized spacial score (nSPS) is 16.0. The zero-order valence-electron chi connectivity index (χ0n) is 15.7. The lowest BCUT2D eigenvalue weighted by atomic mass is 10.1. The molecule has 7 heteroatoms. The number of nitrogens with zero attached hydrogens (tertiary/aromatic N) is 1. The summed E-state index contributed by atoms with van der Waals surface area (Å²) < 4.78 is 16.7. The predicted octanol–water partition coefficient (Wildman–Crippen LogP) is 2.38. The molecule has 0 radical (unpaired) electrons. The summed E-state index contributed by atoms with van der Waals surface area (Å²) in [6, 6.07) is 7.68. The average Bonchev–Trinajstić information content (AvgIpc) is 2.66. The molecule has 1 aliphatic rings. The molecule has 1 heterocycles. The van der Waals surface area contributed by atoms with E-state index >= 15 is 0 Å². The van der Waals surface area contributed by atoms with Crippen molar-refractivity contribution in [3.63, 3.8) is 0 Å². The Labute approximate surface area is 162 Å². The third-order valence-electron chi connectivity index (χ3n) is 4.44. The van der Waals surface area contributed by atoms with Crippen molar-refractivity contribution in [2.45, 2.75) is 45.0 Å². The van der Waals surface area contributed by atoms with E-state index in [9.17, 15) is 4.79 Å². The molecule has 1 saturated heterocycles. The highest BCUT2D eigenvalue weighted by molar-refractivity contribution is 5.85. The van der Waals surface area contributed by atoms with Gasteiger partial charge in [0.1, 0.15) is 11.9 Å². The van der Waals surface area contributed by atoms with Crippen molar-refractivity contribution >= 4 is 18.3 Å². The van der Waals surface area contributed by atoms with E-state index in [0.29, 0.717) is 19.8 Å². The maximum Gasteiger partial charge on any atom is 0.251 e. The van der Waals surface area contributed by atoms with Crippen LogP contribution in [0.15, 0.2) is 24.3 Å². The van der Waals surface area contributed by atoms with Crippen molar-refractivity contribution in [1.82, 2.24) is 4.90 Å². The number of likely N-dealkylation sites (tertiary alicyclic amines) is 1. The Morgan fingerprint density at radius 3 is 2.73 bits per heavy atom. The van der Waals surface area contributed by atoms with Crippen LogP contribution in [-0.4, -0.2) is 56.4 Å². The number of hydrogen-bond donors (Lipinski definition) is 1. The molecule has 1 aromatic rings. The van der Waals surface area contributed by atoms with Gasteiger partial charge in [-0.15, -0.1) is 12.4 Å². The Morgan fingerprint density at radius 1 is 1.35 bits per heavy atom. The number of ether oxygens (including phenoxy) is 3. The van der Waals surface area contributed by atoms with Gasteiger partial charge in [0.25, 0.3) is 5.91 Å². The Hall–Kier alpha value is -1.34. The third-order valence-corrected chi connectivity index (χ3v) is 4.44. The molecule has 1 unspecified atom stereocenters. The van der Waals surface area contributed by atoms with Crippen molar-refractivity contribution in [2.24, 2.45) is 5.73 Å². The van der Waals surface area contributed by atoms with E-state index in [4.69, 9.17) is 19.9 Å². The first kappa shape index (κ1) is 22.7. The van der Waals surface area contributed by atoms with Crippen LogP contribution < -0.4 is 10.5 Å². The van der Waals surface area contributed by atoms with E-state index in [1.165, 1.54) is 0 Å². The number of nitrogens with two attached hydrogens (primary N) is 1. The second-order valence-corrected chi connectivity index (χ2v) is 6.34. The maximum atomic E-state index is 12.5. The van der Waals surface area contributed by atoms with Crippen LogP contribution >= 0.6 is 12.4 Å². The number of benzene rings is 1. The molecular weight excluding hydrogens is 356 g/mol. The number of piperidine rings is 1. The van der Waals surface area contributed by atoms with Gasteiger partial charge in [0.05, 0.1) is 19.8 Å². The van der Waals surface area contributed by atoms with E-state index in [0.717, 1.165) is 43.7 Å². The minimum atomic E-state index is -0.457. The van der Waals surface area contributed by atoms with Crippen molar-refractivity contribution < 1.29 is 19.0 Å². The molecule has 26 heavy (non-hydrogen) atoms. The number of methoxy groups -OCH3 is 1. The highest BCUT2D eigenvalue weighted by Crippen LogP contribution is 2.17. The van der Waals surface area contributed by atoms with Crippen LogP contribution in [0.5, 0.6) is 5.75 Å². The molecule has 2 N–H and O–H groups in total. The Balaban J connectivity index is 0.00000338. The van der Waals surface area contributed by atoms with Gasteiger partial charge in [-0.05, 0) is 50.4 Å². The maximum absolute atomic E-state index is 12.5. The molecule has 1 amide bonds. The zero-order valence-corrected chi connectivity index (χ0v) is 16.5. The summed E-state index contributed by atoms with van der Waals surface area (Å²) in [4.78, 5) is 14.4. The minimum absolute atomic E-state index is 0. The van der Waals surface area contributed by atoms with E-state index in [-0.39, 0.29) is 24.4 Å². The van der Waals surface area contributed by atoms with Crippen LogP contribution in [0, 0.1) is 0 Å². The van der Waals surface area contributed by atoms with Gasteiger partial charge in [-0.25, -0.2) is 0 Å². The molecule has 0 spiro atoms. The lowest BCUT2D eigenvalue weighted by Gasteiger charge is -2.33. The van der Waals surface area contributed by atoms with Crippen molar-refractivity contribution in [2.75, 3.05) is 33.4 Å². The zero-order chi connectivity index (χ0) is 18.1. The fraction of sp³-hybridized carbons (Fsp3) is 0.632. The van der Waals surface area contributed by atoms with E-state index in [1.54, 1.807) is 7.11 Å². The molecule has 1 atom stereocenters. The number of carbonyl (C=O) groups is 1. The van der Waals surface area contributed by atoms with Crippen LogP contribution in [-0.2, 0) is 20.9 Å². The van der Waals surface area contributed by atoms with Gasteiger partial charge in [0, 0.05) is 19.7 Å². The molecule has 6 nitrogen and oxygen atoms in total. The van der Waals surface area contributed by atoms with Crippen LogP contribution in [0.2, 0.25) is 0 Å². The molecule has 0 bridgehead atoms. The number of carbonyl (C=O) groups excluding carboxylic acids is 1. The van der Waals surface area contributed by atoms with Gasteiger partial charge in [0.2, 0.25) is 0 Å². The number of amides is 1. The monoisotopic (exact) mass is 386 g/mol. The van der Waals surface area contributed by atoms with Gasteiger partial charge in [-0.2, -0.15) is 0 Å². The first-order valence-corrected chi connectivity index (χ1v) is 8.99. The van der Waals surface area contributed by atoms with Crippen LogP contribution in [0.1, 0.15) is 31.7 Å². The number of hydrogen-bond acceptors (Lipinski definition) is 5. The summed E-state index contributed by atoms with van der Waals surface area (Å²) >= 11 is 0. The SMILES string of the molecule is COc1cccc(COC(C)C(=O)N2CCC(OCCCN)CC2)c1.Cl. The fourth-order valence-electron chi connectivity index (χ4n) is 2.89. The van der Waals surface area contributed by atoms with Gasteiger partial charge in [0.15, 0.2) is 0 Å². The molecule has 148 valence electrons. The van der Waals surface area contributed by atoms with Gasteiger partial charge in [-0.1, -0.05) is 12.1 Å². The first-order valence-electron chi connectivity index (χ1n) is 8.99. The summed E-state index contributed by atoms with van der Waals surface area (Å²) in [5.41, 5.74) is 6.46. The van der Waals surface area contributed by atoms with E-state index < -0.39 is 6.10 Å². The molecule has 0 aliphatic carbocycles. The van der Waals surface area contributed by atoms with E-state index in [1.807, 2.05) is 36.1 Å². The molecule has 0 aromatic heterocycles. The van der Waals surface area contributed by atoms with Crippen LogP contribution in [0.4, 0.5) is 0 Å². The average molecular weight is 387 g/mol. The second kappa shape index (κ2) is 12.1. The quantitative estimate of drug-likeness (QED) is 0.659. The molecule has 2 rings (SSSR count). The Bertz CT molecular complexity index is 536. The highest BCUT2D eigenvalue weighted by atomic mass is 35.5. The third kappa shape index (κ3) is 7.11. The number of rotatable bonds is 9. The predicted molar refractivity (Wildman–Crippen MR) is 104 cm³/mol. The molecule has 0 saturated carbocycles. The van der Waals surface area contributed by atoms with Crippen molar-refractivity contribution in [3.8, 4) is 5.75 Å². The van der Waals surface area contributed by atoms with Gasteiger partial charge >= 0.3 is 0 Å². The van der Waals surface area contributed by atoms with Gasteiger partial charge in [-0.3, -0.25) is 4.79 Å². The lowest BCUT2D eigenvalue weighted by Crippen LogP contribution is -2.45. The molecule has 1 aliphatic heterocycles. The Morgan fingerprint density at radius 2 is 2.08 bits per heavy atom. The van der Waals surface area contributed by atoms with Crippen LogP contribution in [0.3, 0.4) is 0 Å². The summed E-state index contributed by atoms with van der Waals surface area (Å²) in [6.07, 6.45) is 2.41. The van der Waals surface area contributed by atoms with Crippen molar-refractivity contribution in [1.29, 1.82) is 0 Å². The smallest absolute Gasteiger partial charge is 0.251 e. The first-order chi connectivity index (χ1) is 12.1. The van der Waals surface area contributed by atoms with E-state index in [2.05, 4.69) is 0 Å². The molecular formula is C19H31ClN2O4. The topological polar surface area (TPSA) is 74.0 Å². The lowest BCUT2D eigenvalue weighted by molar-refractivity contribution is -0.146. The summed E-state index contributed by atoms with van der Waals surface area (Å²) in [6.45, 7) is 5.00.